The third-order valence-electron chi connectivity index (χ3n) is 5.63. The topological polar surface area (TPSA) is 0 Å². The maximum Gasteiger partial charge on any atom is 0.00983 e. The van der Waals surface area contributed by atoms with Crippen molar-refractivity contribution < 1.29 is 0 Å². The molecule has 0 nitrogen and oxygen atoms in total. The van der Waals surface area contributed by atoms with Gasteiger partial charge in [-0.2, -0.15) is 0 Å². The first-order valence-electron chi connectivity index (χ1n) is 8.48. The minimum Gasteiger partial charge on any atom is -0.0620 e. The van der Waals surface area contributed by atoms with Crippen LogP contribution in [-0.2, 0) is 0 Å². The lowest BCUT2D eigenvalue weighted by atomic mass is 9.90. The fourth-order valence-corrected chi connectivity index (χ4v) is 4.36. The Hall–Kier alpha value is -2.08. The second kappa shape index (κ2) is 4.71. The molecule has 0 heteroatoms. The van der Waals surface area contributed by atoms with Gasteiger partial charge in [0.1, 0.15) is 0 Å². The molecule has 0 radical (unpaired) electrons. The lowest BCUT2D eigenvalue weighted by molar-refractivity contribution is 0.573. The Labute approximate surface area is 131 Å². The van der Waals surface area contributed by atoms with Crippen molar-refractivity contribution in [3.63, 3.8) is 0 Å². The summed E-state index contributed by atoms with van der Waals surface area (Å²) in [5, 5.41) is 2.71. The number of hydrogen-bond acceptors (Lipinski definition) is 0. The van der Waals surface area contributed by atoms with Gasteiger partial charge < -0.3 is 0 Å². The van der Waals surface area contributed by atoms with E-state index in [0.29, 0.717) is 5.92 Å². The summed E-state index contributed by atoms with van der Waals surface area (Å²) in [5.41, 5.74) is 4.70. The Balaban J connectivity index is 1.62. The van der Waals surface area contributed by atoms with E-state index in [1.54, 1.807) is 11.1 Å². The Kier molecular flexibility index (Phi) is 2.67. The van der Waals surface area contributed by atoms with Gasteiger partial charge in [0.25, 0.3) is 0 Å². The van der Waals surface area contributed by atoms with Crippen molar-refractivity contribution >= 4 is 10.8 Å². The number of benzene rings is 3. The zero-order valence-corrected chi connectivity index (χ0v) is 12.7. The Morgan fingerprint density at radius 1 is 0.682 bits per heavy atom. The summed E-state index contributed by atoms with van der Waals surface area (Å²) in [7, 11) is 0. The van der Waals surface area contributed by atoms with Crippen molar-refractivity contribution in [2.75, 3.05) is 0 Å². The summed E-state index contributed by atoms with van der Waals surface area (Å²) in [6.07, 6.45) is 4.18. The molecule has 2 aliphatic rings. The van der Waals surface area contributed by atoms with Crippen LogP contribution in [0.25, 0.3) is 10.8 Å². The van der Waals surface area contributed by atoms with Crippen molar-refractivity contribution in [2.24, 2.45) is 5.92 Å². The molecule has 2 unspecified atom stereocenters. The molecule has 0 heterocycles. The number of fused-ring (bicyclic) bond motifs is 2. The maximum atomic E-state index is 2.41. The largest absolute Gasteiger partial charge is 0.0620 e. The van der Waals surface area contributed by atoms with E-state index < -0.39 is 0 Å². The molecule has 22 heavy (non-hydrogen) atoms. The Morgan fingerprint density at radius 2 is 1.41 bits per heavy atom. The van der Waals surface area contributed by atoms with E-state index in [-0.39, 0.29) is 0 Å². The van der Waals surface area contributed by atoms with Gasteiger partial charge in [0.15, 0.2) is 0 Å². The molecular formula is C22H20. The first kappa shape index (κ1) is 12.5. The summed E-state index contributed by atoms with van der Waals surface area (Å²) >= 11 is 0. The Bertz CT molecular complexity index is 841. The minimum absolute atomic E-state index is 0.589. The van der Waals surface area contributed by atoms with Crippen molar-refractivity contribution in [1.29, 1.82) is 0 Å². The van der Waals surface area contributed by atoms with Gasteiger partial charge in [0.05, 0.1) is 0 Å². The Morgan fingerprint density at radius 3 is 2.23 bits per heavy atom. The predicted octanol–water partition coefficient (Wildman–Crippen LogP) is 5.87. The molecule has 0 aromatic heterocycles. The normalized spacial score (nSPS) is 23.6. The average Bonchev–Trinajstić information content (AvgIpc) is 3.35. The highest BCUT2D eigenvalue weighted by Gasteiger charge is 2.40. The molecule has 5 rings (SSSR count). The van der Waals surface area contributed by atoms with Crippen LogP contribution in [-0.4, -0.2) is 0 Å². The van der Waals surface area contributed by atoms with E-state index in [0.717, 1.165) is 11.8 Å². The summed E-state index contributed by atoms with van der Waals surface area (Å²) in [6.45, 7) is 0. The lowest BCUT2D eigenvalue weighted by Crippen LogP contribution is -1.98. The molecule has 3 aromatic carbocycles. The molecule has 0 aliphatic heterocycles. The quantitative estimate of drug-likeness (QED) is 0.552. The molecule has 0 amide bonds. The van der Waals surface area contributed by atoms with Gasteiger partial charge >= 0.3 is 0 Å². The predicted molar refractivity (Wildman–Crippen MR) is 92.3 cm³/mol. The molecule has 1 fully saturated rings. The standard InChI is InChI=1S/C22H20/c1-2-6-17-13-18(12-9-15(17)5-1)22-14-21(16-10-11-16)19-7-3-4-8-20(19)22/h1-9,12-13,16,21-22H,10-11,14H2. The SMILES string of the molecule is c1ccc2c(c1)C(c1ccc3ccccc3c1)CC2C1CC1. The molecular weight excluding hydrogens is 264 g/mol. The third-order valence-corrected chi connectivity index (χ3v) is 5.63. The maximum absolute atomic E-state index is 2.41. The lowest BCUT2D eigenvalue weighted by Gasteiger charge is -2.13. The smallest absolute Gasteiger partial charge is 0.00983 e. The number of rotatable bonds is 2. The van der Waals surface area contributed by atoms with Gasteiger partial charge in [-0.15, -0.1) is 0 Å². The molecule has 0 N–H and O–H groups in total. The molecule has 108 valence electrons. The summed E-state index contributed by atoms with van der Waals surface area (Å²) in [4.78, 5) is 0. The fourth-order valence-electron chi connectivity index (χ4n) is 4.36. The first-order chi connectivity index (χ1) is 10.9. The van der Waals surface area contributed by atoms with Crippen LogP contribution in [0.4, 0.5) is 0 Å². The van der Waals surface area contributed by atoms with Crippen LogP contribution in [0.5, 0.6) is 0 Å². The molecule has 0 spiro atoms. The van der Waals surface area contributed by atoms with Gasteiger partial charge in [0.2, 0.25) is 0 Å². The summed E-state index contributed by atoms with van der Waals surface area (Å²) < 4.78 is 0. The summed E-state index contributed by atoms with van der Waals surface area (Å²) in [5.74, 6) is 2.34. The molecule has 0 bridgehead atoms. The van der Waals surface area contributed by atoms with E-state index in [4.69, 9.17) is 0 Å². The van der Waals surface area contributed by atoms with Crippen LogP contribution in [0.2, 0.25) is 0 Å². The average molecular weight is 284 g/mol. The van der Waals surface area contributed by atoms with Crippen LogP contribution in [0.1, 0.15) is 47.8 Å². The highest BCUT2D eigenvalue weighted by molar-refractivity contribution is 5.83. The zero-order valence-electron chi connectivity index (χ0n) is 12.7. The molecule has 2 atom stereocenters. The molecule has 2 aliphatic carbocycles. The van der Waals surface area contributed by atoms with E-state index in [1.807, 2.05) is 0 Å². The van der Waals surface area contributed by atoms with Crippen molar-refractivity contribution in [3.8, 4) is 0 Å². The van der Waals surface area contributed by atoms with Crippen LogP contribution in [0.15, 0.2) is 66.7 Å². The van der Waals surface area contributed by atoms with Crippen LogP contribution in [0.3, 0.4) is 0 Å². The zero-order chi connectivity index (χ0) is 14.5. The second-order valence-electron chi connectivity index (χ2n) is 6.97. The second-order valence-corrected chi connectivity index (χ2v) is 6.97. The van der Waals surface area contributed by atoms with Crippen LogP contribution in [0, 0.1) is 5.92 Å². The molecule has 1 saturated carbocycles. The highest BCUT2D eigenvalue weighted by atomic mass is 14.4. The highest BCUT2D eigenvalue weighted by Crippen LogP contribution is 2.54. The van der Waals surface area contributed by atoms with Crippen LogP contribution >= 0.6 is 0 Å². The van der Waals surface area contributed by atoms with Crippen molar-refractivity contribution in [2.45, 2.75) is 31.1 Å². The van der Waals surface area contributed by atoms with E-state index >= 15 is 0 Å². The van der Waals surface area contributed by atoms with Crippen molar-refractivity contribution in [3.05, 3.63) is 83.4 Å². The van der Waals surface area contributed by atoms with Crippen molar-refractivity contribution in [1.82, 2.24) is 0 Å². The third kappa shape index (κ3) is 1.90. The van der Waals surface area contributed by atoms with E-state index in [1.165, 1.54) is 35.6 Å². The van der Waals surface area contributed by atoms with E-state index in [9.17, 15) is 0 Å². The monoisotopic (exact) mass is 284 g/mol. The van der Waals surface area contributed by atoms with E-state index in [2.05, 4.69) is 66.7 Å². The first-order valence-corrected chi connectivity index (χ1v) is 8.48. The van der Waals surface area contributed by atoms with Gasteiger partial charge in [-0.05, 0) is 58.6 Å². The van der Waals surface area contributed by atoms with Gasteiger partial charge in [0, 0.05) is 5.92 Å². The van der Waals surface area contributed by atoms with Gasteiger partial charge in [-0.1, -0.05) is 66.7 Å². The summed E-state index contributed by atoms with van der Waals surface area (Å²) in [6, 6.07) is 24.9. The molecule has 0 saturated heterocycles. The fraction of sp³-hybridized carbons (Fsp3) is 0.273. The number of hydrogen-bond donors (Lipinski definition) is 0. The minimum atomic E-state index is 0.589. The van der Waals surface area contributed by atoms with Gasteiger partial charge in [-0.3, -0.25) is 0 Å². The van der Waals surface area contributed by atoms with Gasteiger partial charge in [-0.25, -0.2) is 0 Å². The molecule has 3 aromatic rings. The van der Waals surface area contributed by atoms with Crippen LogP contribution < -0.4 is 0 Å².